The predicted octanol–water partition coefficient (Wildman–Crippen LogP) is 19.5. The Hall–Kier alpha value is -9.44. The molecule has 0 bridgehead atoms. The minimum absolute atomic E-state index is 0.827. The Labute approximate surface area is 413 Å². The van der Waals surface area contributed by atoms with Crippen molar-refractivity contribution in [2.24, 2.45) is 0 Å². The van der Waals surface area contributed by atoms with Crippen LogP contribution in [0.1, 0.15) is 0 Å². The molecule has 71 heavy (non-hydrogen) atoms. The lowest BCUT2D eigenvalue weighted by Crippen LogP contribution is -2.10. The smallest absolute Gasteiger partial charge is 0.136 e. The molecule has 0 aliphatic carbocycles. The summed E-state index contributed by atoms with van der Waals surface area (Å²) in [4.78, 5) is 4.76. The standard InChI is InChI=1S/C68H46N2O/c1-5-15-47(16-6-1)51-27-35-55(36-28-51)69(56-37-29-52(30-38-56)48-17-7-2-8-18-48)63-43-45-65-67-59(23-13-25-61(63)67)60-24-14-26-62-64(44-46-66(71-65)68(60)62)70(57-39-31-53(32-40-57)49-19-9-3-10-20-49)58-41-33-54(34-42-58)50-21-11-4-12-22-50/h1-46H. The molecule has 3 heteroatoms. The third-order valence-electron chi connectivity index (χ3n) is 13.9. The van der Waals surface area contributed by atoms with E-state index in [1.165, 1.54) is 44.5 Å². The first-order valence-corrected chi connectivity index (χ1v) is 24.2. The minimum atomic E-state index is 0.827. The van der Waals surface area contributed by atoms with Gasteiger partial charge in [0.2, 0.25) is 0 Å². The zero-order valence-corrected chi connectivity index (χ0v) is 38.9. The van der Waals surface area contributed by atoms with Crippen LogP contribution in [0.25, 0.3) is 88.0 Å². The second-order valence-corrected chi connectivity index (χ2v) is 18.0. The first-order chi connectivity index (χ1) is 35.2. The molecule has 0 saturated heterocycles. The first-order valence-electron chi connectivity index (χ1n) is 24.2. The summed E-state index contributed by atoms with van der Waals surface area (Å²) < 4.78 is 7.16. The van der Waals surface area contributed by atoms with Crippen molar-refractivity contribution in [2.45, 2.75) is 0 Å². The Balaban J connectivity index is 0.988. The highest BCUT2D eigenvalue weighted by Crippen LogP contribution is 2.47. The monoisotopic (exact) mass is 906 g/mol. The molecule has 1 heterocycles. The summed E-state index contributed by atoms with van der Waals surface area (Å²) in [5.41, 5.74) is 17.5. The van der Waals surface area contributed by atoms with E-state index in [1.807, 2.05) is 0 Å². The molecule has 0 amide bonds. The van der Waals surface area contributed by atoms with E-state index < -0.39 is 0 Å². The van der Waals surface area contributed by atoms with Crippen LogP contribution in [0.4, 0.5) is 34.1 Å². The van der Waals surface area contributed by atoms with Crippen LogP contribution in [-0.4, -0.2) is 0 Å². The maximum absolute atomic E-state index is 7.16. The maximum atomic E-state index is 7.16. The predicted molar refractivity (Wildman–Crippen MR) is 300 cm³/mol. The summed E-state index contributed by atoms with van der Waals surface area (Å²) >= 11 is 0. The second kappa shape index (κ2) is 17.9. The van der Waals surface area contributed by atoms with Crippen LogP contribution in [-0.2, 0) is 0 Å². The second-order valence-electron chi connectivity index (χ2n) is 18.0. The van der Waals surface area contributed by atoms with Crippen LogP contribution >= 0.6 is 0 Å². The molecule has 0 fully saturated rings. The van der Waals surface area contributed by atoms with Crippen molar-refractivity contribution in [3.8, 4) is 44.5 Å². The number of hydrogen-bond donors (Lipinski definition) is 0. The fourth-order valence-corrected chi connectivity index (χ4v) is 10.4. The zero-order chi connectivity index (χ0) is 47.1. The van der Waals surface area contributed by atoms with E-state index in [2.05, 4.69) is 289 Å². The largest absolute Gasteiger partial charge is 0.456 e. The van der Waals surface area contributed by atoms with E-state index in [-0.39, 0.29) is 0 Å². The number of rotatable bonds is 10. The molecule has 0 unspecified atom stereocenters. The molecule has 13 aromatic rings. The molecule has 3 nitrogen and oxygen atoms in total. The molecule has 0 aliphatic heterocycles. The molecular weight excluding hydrogens is 861 g/mol. The molecule has 12 aromatic carbocycles. The quantitative estimate of drug-likeness (QED) is 0.136. The Morgan fingerprint density at radius 3 is 0.732 bits per heavy atom. The lowest BCUT2D eigenvalue weighted by molar-refractivity contribution is 0.664. The fourth-order valence-electron chi connectivity index (χ4n) is 10.4. The van der Waals surface area contributed by atoms with Crippen molar-refractivity contribution in [3.63, 3.8) is 0 Å². The highest BCUT2D eigenvalue weighted by Gasteiger charge is 2.22. The van der Waals surface area contributed by atoms with Crippen molar-refractivity contribution >= 4 is 77.6 Å². The van der Waals surface area contributed by atoms with E-state index in [4.69, 9.17) is 4.42 Å². The van der Waals surface area contributed by atoms with Crippen molar-refractivity contribution in [1.82, 2.24) is 0 Å². The highest BCUT2D eigenvalue weighted by atomic mass is 16.3. The summed E-state index contributed by atoms with van der Waals surface area (Å²) in [5.74, 6) is 0. The lowest BCUT2D eigenvalue weighted by Gasteiger charge is -2.27. The first kappa shape index (κ1) is 41.7. The van der Waals surface area contributed by atoms with Gasteiger partial charge in [-0.15, -0.1) is 0 Å². The molecule has 0 atom stereocenters. The summed E-state index contributed by atoms with van der Waals surface area (Å²) in [5, 5.41) is 6.61. The topological polar surface area (TPSA) is 19.6 Å². The minimum Gasteiger partial charge on any atom is -0.456 e. The molecule has 0 N–H and O–H groups in total. The molecular formula is C68H46N2O. The average Bonchev–Trinajstić information content (AvgIpc) is 3.59. The van der Waals surface area contributed by atoms with Gasteiger partial charge < -0.3 is 14.2 Å². The van der Waals surface area contributed by atoms with Gasteiger partial charge in [-0.3, -0.25) is 0 Å². The van der Waals surface area contributed by atoms with Gasteiger partial charge in [-0.05, 0) is 128 Å². The summed E-state index contributed by atoms with van der Waals surface area (Å²) in [7, 11) is 0. The van der Waals surface area contributed by atoms with Crippen LogP contribution in [0.5, 0.6) is 0 Å². The van der Waals surface area contributed by atoms with Crippen LogP contribution in [0, 0.1) is 0 Å². The molecule has 334 valence electrons. The number of nitrogens with zero attached hydrogens (tertiary/aromatic N) is 2. The van der Waals surface area contributed by atoms with Gasteiger partial charge in [-0.1, -0.05) is 206 Å². The summed E-state index contributed by atoms with van der Waals surface area (Å²) in [6.07, 6.45) is 0. The average molecular weight is 907 g/mol. The Morgan fingerprint density at radius 2 is 0.451 bits per heavy atom. The van der Waals surface area contributed by atoms with Gasteiger partial charge in [-0.25, -0.2) is 0 Å². The number of hydrogen-bond acceptors (Lipinski definition) is 3. The number of anilines is 6. The number of fused-ring (bicyclic) bond motifs is 1. The third-order valence-corrected chi connectivity index (χ3v) is 13.9. The molecule has 13 rings (SSSR count). The summed E-state index contributed by atoms with van der Waals surface area (Å²) in [6, 6.07) is 100. The van der Waals surface area contributed by atoms with Gasteiger partial charge in [-0.2, -0.15) is 0 Å². The van der Waals surface area contributed by atoms with Crippen LogP contribution in [0.3, 0.4) is 0 Å². The summed E-state index contributed by atoms with van der Waals surface area (Å²) in [6.45, 7) is 0. The molecule has 0 aliphatic rings. The fraction of sp³-hybridized carbons (Fsp3) is 0. The van der Waals surface area contributed by atoms with Crippen LogP contribution in [0.15, 0.2) is 283 Å². The third kappa shape index (κ3) is 7.67. The highest BCUT2D eigenvalue weighted by molar-refractivity contribution is 6.26. The van der Waals surface area contributed by atoms with Gasteiger partial charge in [0.1, 0.15) is 11.2 Å². The van der Waals surface area contributed by atoms with Crippen LogP contribution < -0.4 is 9.80 Å². The SMILES string of the molecule is c1ccc(-c2ccc(N(c3ccc(-c4ccccc4)cc3)c3ccc4oc5ccc(N(c6ccc(-c7ccccc7)cc6)c6ccc(-c7ccccc7)cc6)c6cccc(c7cccc3c47)c56)cc2)cc1. The van der Waals surface area contributed by atoms with Crippen LogP contribution in [0.2, 0.25) is 0 Å². The van der Waals surface area contributed by atoms with Gasteiger partial charge in [0.15, 0.2) is 0 Å². The van der Waals surface area contributed by atoms with Crippen molar-refractivity contribution in [1.29, 1.82) is 0 Å². The number of benzene rings is 12. The maximum Gasteiger partial charge on any atom is 0.136 e. The van der Waals surface area contributed by atoms with Crippen molar-refractivity contribution in [2.75, 3.05) is 9.80 Å². The van der Waals surface area contributed by atoms with Gasteiger partial charge in [0, 0.05) is 44.3 Å². The molecule has 1 aromatic heterocycles. The van der Waals surface area contributed by atoms with Gasteiger partial charge in [0.25, 0.3) is 0 Å². The lowest BCUT2D eigenvalue weighted by atomic mass is 9.97. The van der Waals surface area contributed by atoms with E-state index in [9.17, 15) is 0 Å². The van der Waals surface area contributed by atoms with Crippen molar-refractivity contribution < 1.29 is 4.42 Å². The van der Waals surface area contributed by atoms with E-state index >= 15 is 0 Å². The Kier molecular flexibility index (Phi) is 10.5. The molecule has 0 saturated carbocycles. The van der Waals surface area contributed by atoms with Crippen molar-refractivity contribution in [3.05, 3.63) is 279 Å². The van der Waals surface area contributed by atoms with E-state index in [0.717, 1.165) is 77.6 Å². The molecule has 0 radical (unpaired) electrons. The normalized spacial score (nSPS) is 11.4. The van der Waals surface area contributed by atoms with Gasteiger partial charge >= 0.3 is 0 Å². The van der Waals surface area contributed by atoms with Gasteiger partial charge in [0.05, 0.1) is 11.4 Å². The Morgan fingerprint density at radius 1 is 0.197 bits per heavy atom. The zero-order valence-electron chi connectivity index (χ0n) is 38.9. The van der Waals surface area contributed by atoms with E-state index in [0.29, 0.717) is 0 Å². The molecule has 0 spiro atoms. The Bertz CT molecular complexity index is 3550. The van der Waals surface area contributed by atoms with E-state index in [1.54, 1.807) is 0 Å².